The third-order valence-electron chi connectivity index (χ3n) is 3.51. The number of benzene rings is 1. The number of rotatable bonds is 4. The number of carbonyl (C=O) groups is 1. The van der Waals surface area contributed by atoms with Crippen molar-refractivity contribution in [3.8, 4) is 0 Å². The van der Waals surface area contributed by atoms with Crippen molar-refractivity contribution in [3.05, 3.63) is 35.9 Å². The zero-order valence-electron chi connectivity index (χ0n) is 13.1. The molecule has 1 fully saturated rings. The summed E-state index contributed by atoms with van der Waals surface area (Å²) >= 11 is 0. The van der Waals surface area contributed by atoms with E-state index >= 15 is 0 Å². The Kier molecular flexibility index (Phi) is 7.97. The van der Waals surface area contributed by atoms with Crippen molar-refractivity contribution >= 4 is 5.91 Å². The minimum absolute atomic E-state index is 0.172. The monoisotopic (exact) mass is 276 g/mol. The molecule has 3 nitrogen and oxygen atoms in total. The number of unbranched alkanes of at least 4 members (excludes halogenated alkanes) is 1. The van der Waals surface area contributed by atoms with Crippen LogP contribution in [0, 0.1) is 0 Å². The van der Waals surface area contributed by atoms with Gasteiger partial charge in [-0.15, -0.1) is 0 Å². The number of piperazine rings is 1. The normalized spacial score (nSPS) is 15.4. The maximum Gasteiger partial charge on any atom is 0.253 e. The molecule has 2 rings (SSSR count). The van der Waals surface area contributed by atoms with E-state index in [0.717, 1.165) is 31.7 Å². The van der Waals surface area contributed by atoms with Gasteiger partial charge >= 0.3 is 0 Å². The van der Waals surface area contributed by atoms with E-state index in [0.29, 0.717) is 0 Å². The van der Waals surface area contributed by atoms with Gasteiger partial charge in [-0.1, -0.05) is 45.4 Å². The van der Waals surface area contributed by atoms with Crippen LogP contribution >= 0.6 is 0 Å². The lowest BCUT2D eigenvalue weighted by molar-refractivity contribution is 0.0635. The first-order chi connectivity index (χ1) is 9.81. The van der Waals surface area contributed by atoms with E-state index in [2.05, 4.69) is 11.8 Å². The first-order valence-electron chi connectivity index (χ1n) is 7.88. The molecule has 20 heavy (non-hydrogen) atoms. The van der Waals surface area contributed by atoms with Gasteiger partial charge in [-0.3, -0.25) is 9.69 Å². The first-order valence-corrected chi connectivity index (χ1v) is 7.88. The van der Waals surface area contributed by atoms with E-state index in [-0.39, 0.29) is 5.91 Å². The van der Waals surface area contributed by atoms with Gasteiger partial charge in [-0.05, 0) is 25.1 Å². The number of nitrogens with zero attached hydrogens (tertiary/aromatic N) is 2. The second-order valence-corrected chi connectivity index (χ2v) is 4.85. The SMILES string of the molecule is CC.CCCCN1CCN(C(=O)c2ccccc2)CC1. The molecule has 1 amide bonds. The fourth-order valence-electron chi connectivity index (χ4n) is 2.32. The van der Waals surface area contributed by atoms with Crippen molar-refractivity contribution in [2.45, 2.75) is 33.6 Å². The molecule has 1 heterocycles. The predicted molar refractivity (Wildman–Crippen MR) is 85.0 cm³/mol. The lowest BCUT2D eigenvalue weighted by Gasteiger charge is -2.34. The van der Waals surface area contributed by atoms with Crippen molar-refractivity contribution in [1.29, 1.82) is 0 Å². The van der Waals surface area contributed by atoms with Crippen LogP contribution in [0.25, 0.3) is 0 Å². The summed E-state index contributed by atoms with van der Waals surface area (Å²) in [6.45, 7) is 11.1. The van der Waals surface area contributed by atoms with Gasteiger partial charge < -0.3 is 4.90 Å². The minimum atomic E-state index is 0.172. The summed E-state index contributed by atoms with van der Waals surface area (Å²) in [4.78, 5) is 16.7. The largest absolute Gasteiger partial charge is 0.336 e. The van der Waals surface area contributed by atoms with Crippen LogP contribution in [0.15, 0.2) is 30.3 Å². The standard InChI is InChI=1S/C15H22N2O.C2H6/c1-2-3-9-16-10-12-17(13-11-16)15(18)14-7-5-4-6-8-14;1-2/h4-8H,2-3,9-13H2,1H3;1-2H3. The van der Waals surface area contributed by atoms with Crippen molar-refractivity contribution in [2.24, 2.45) is 0 Å². The van der Waals surface area contributed by atoms with Gasteiger partial charge in [0.05, 0.1) is 0 Å². The van der Waals surface area contributed by atoms with Gasteiger partial charge in [0.1, 0.15) is 0 Å². The molecule has 1 aliphatic heterocycles. The fourth-order valence-corrected chi connectivity index (χ4v) is 2.32. The lowest BCUT2D eigenvalue weighted by Crippen LogP contribution is -2.48. The van der Waals surface area contributed by atoms with Crippen molar-refractivity contribution in [3.63, 3.8) is 0 Å². The summed E-state index contributed by atoms with van der Waals surface area (Å²) in [5.74, 6) is 0.172. The van der Waals surface area contributed by atoms with Gasteiger partial charge in [-0.2, -0.15) is 0 Å². The molecule has 0 aromatic heterocycles. The molecule has 0 aliphatic carbocycles. The number of hydrogen-bond donors (Lipinski definition) is 0. The molecular formula is C17H28N2O. The van der Waals surface area contributed by atoms with Crippen LogP contribution in [-0.2, 0) is 0 Å². The second-order valence-electron chi connectivity index (χ2n) is 4.85. The van der Waals surface area contributed by atoms with Crippen molar-refractivity contribution < 1.29 is 4.79 Å². The van der Waals surface area contributed by atoms with Gasteiger partial charge in [-0.25, -0.2) is 0 Å². The van der Waals surface area contributed by atoms with Crippen LogP contribution in [0.3, 0.4) is 0 Å². The van der Waals surface area contributed by atoms with Crippen LogP contribution in [0.5, 0.6) is 0 Å². The van der Waals surface area contributed by atoms with Crippen LogP contribution in [0.4, 0.5) is 0 Å². The van der Waals surface area contributed by atoms with Gasteiger partial charge in [0.2, 0.25) is 0 Å². The molecule has 1 saturated heterocycles. The molecule has 1 aliphatic rings. The molecule has 0 radical (unpaired) electrons. The van der Waals surface area contributed by atoms with E-state index in [1.165, 1.54) is 19.4 Å². The molecule has 3 heteroatoms. The third kappa shape index (κ3) is 4.97. The van der Waals surface area contributed by atoms with Crippen LogP contribution < -0.4 is 0 Å². The summed E-state index contributed by atoms with van der Waals surface area (Å²) in [7, 11) is 0. The molecule has 0 unspecified atom stereocenters. The second kappa shape index (κ2) is 9.54. The highest BCUT2D eigenvalue weighted by Gasteiger charge is 2.21. The molecule has 0 saturated carbocycles. The Morgan fingerprint density at radius 2 is 1.65 bits per heavy atom. The maximum absolute atomic E-state index is 12.2. The van der Waals surface area contributed by atoms with Gasteiger partial charge in [0.25, 0.3) is 5.91 Å². The van der Waals surface area contributed by atoms with Crippen LogP contribution in [-0.4, -0.2) is 48.4 Å². The zero-order valence-corrected chi connectivity index (χ0v) is 13.1. The third-order valence-corrected chi connectivity index (χ3v) is 3.51. The Balaban J connectivity index is 0.000000956. The summed E-state index contributed by atoms with van der Waals surface area (Å²) in [5, 5.41) is 0. The van der Waals surface area contributed by atoms with E-state index in [4.69, 9.17) is 0 Å². The molecule has 112 valence electrons. The highest BCUT2D eigenvalue weighted by molar-refractivity contribution is 5.94. The molecule has 0 atom stereocenters. The summed E-state index contributed by atoms with van der Waals surface area (Å²) in [5.41, 5.74) is 0.805. The number of amides is 1. The average Bonchev–Trinajstić information content (AvgIpc) is 2.55. The average molecular weight is 276 g/mol. The van der Waals surface area contributed by atoms with Crippen LogP contribution in [0.1, 0.15) is 44.0 Å². The Hall–Kier alpha value is -1.35. The zero-order chi connectivity index (χ0) is 14.8. The quantitative estimate of drug-likeness (QED) is 0.842. The summed E-state index contributed by atoms with van der Waals surface area (Å²) in [6, 6.07) is 9.58. The van der Waals surface area contributed by atoms with Crippen LogP contribution in [0.2, 0.25) is 0 Å². The highest BCUT2D eigenvalue weighted by Crippen LogP contribution is 2.09. The summed E-state index contributed by atoms with van der Waals surface area (Å²) in [6.07, 6.45) is 2.50. The Morgan fingerprint density at radius 3 is 2.20 bits per heavy atom. The van der Waals surface area contributed by atoms with E-state index in [1.54, 1.807) is 0 Å². The molecular weight excluding hydrogens is 248 g/mol. The topological polar surface area (TPSA) is 23.6 Å². The van der Waals surface area contributed by atoms with Gasteiger partial charge in [0.15, 0.2) is 0 Å². The molecule has 0 N–H and O–H groups in total. The van der Waals surface area contributed by atoms with Crippen molar-refractivity contribution in [2.75, 3.05) is 32.7 Å². The highest BCUT2D eigenvalue weighted by atomic mass is 16.2. The molecule has 0 spiro atoms. The maximum atomic E-state index is 12.2. The number of hydrogen-bond acceptors (Lipinski definition) is 2. The number of carbonyl (C=O) groups excluding carboxylic acids is 1. The predicted octanol–water partition coefficient (Wildman–Crippen LogP) is 3.27. The molecule has 0 bridgehead atoms. The van der Waals surface area contributed by atoms with E-state index < -0.39 is 0 Å². The lowest BCUT2D eigenvalue weighted by atomic mass is 10.2. The molecule has 1 aromatic rings. The first kappa shape index (κ1) is 16.7. The van der Waals surface area contributed by atoms with Gasteiger partial charge in [0, 0.05) is 31.7 Å². The Bertz CT molecular complexity index is 370. The smallest absolute Gasteiger partial charge is 0.253 e. The van der Waals surface area contributed by atoms with Crippen molar-refractivity contribution in [1.82, 2.24) is 9.80 Å². The fraction of sp³-hybridized carbons (Fsp3) is 0.588. The summed E-state index contributed by atoms with van der Waals surface area (Å²) < 4.78 is 0. The molecule has 1 aromatic carbocycles. The minimum Gasteiger partial charge on any atom is -0.336 e. The Labute approximate surface area is 123 Å². The Morgan fingerprint density at radius 1 is 1.05 bits per heavy atom. The van der Waals surface area contributed by atoms with E-state index in [1.807, 2.05) is 49.1 Å². The van der Waals surface area contributed by atoms with E-state index in [9.17, 15) is 4.79 Å².